The first kappa shape index (κ1) is 11.6. The number of hydrogen-bond donors (Lipinski definition) is 1. The molecule has 1 N–H and O–H groups in total. The molecule has 17 heavy (non-hydrogen) atoms. The number of nitrogens with zero attached hydrogens (tertiary/aromatic N) is 2. The summed E-state index contributed by atoms with van der Waals surface area (Å²) in [5, 5.41) is 11.5. The van der Waals surface area contributed by atoms with Crippen molar-refractivity contribution in [2.24, 2.45) is 0 Å². The van der Waals surface area contributed by atoms with Gasteiger partial charge in [0.05, 0.1) is 5.69 Å². The standard InChI is InChI=1S/C14H17N3/c1-4-15-14-6-5-13(16-17-14)12-8-10(2)7-11(3)9-12/h5-9H,4H2,1-3H3,(H,15,17). The molecule has 0 saturated carbocycles. The monoisotopic (exact) mass is 227 g/mol. The third-order valence-corrected chi connectivity index (χ3v) is 2.54. The first-order valence-electron chi connectivity index (χ1n) is 5.85. The van der Waals surface area contributed by atoms with Gasteiger partial charge in [0, 0.05) is 12.1 Å². The Hall–Kier alpha value is -1.90. The predicted octanol–water partition coefficient (Wildman–Crippen LogP) is 3.19. The van der Waals surface area contributed by atoms with E-state index in [0.29, 0.717) is 0 Å². The van der Waals surface area contributed by atoms with Gasteiger partial charge in [-0.25, -0.2) is 0 Å². The summed E-state index contributed by atoms with van der Waals surface area (Å²) < 4.78 is 0. The van der Waals surface area contributed by atoms with E-state index in [0.717, 1.165) is 23.6 Å². The molecule has 0 saturated heterocycles. The molecule has 0 fully saturated rings. The summed E-state index contributed by atoms with van der Waals surface area (Å²) in [5.74, 6) is 0.820. The highest BCUT2D eigenvalue weighted by molar-refractivity contribution is 5.61. The molecule has 0 spiro atoms. The number of aryl methyl sites for hydroxylation is 2. The van der Waals surface area contributed by atoms with Gasteiger partial charge in [-0.05, 0) is 45.0 Å². The van der Waals surface area contributed by atoms with Crippen LogP contribution in [0.3, 0.4) is 0 Å². The molecule has 0 amide bonds. The van der Waals surface area contributed by atoms with Gasteiger partial charge in [-0.3, -0.25) is 0 Å². The van der Waals surface area contributed by atoms with Crippen molar-refractivity contribution in [3.05, 3.63) is 41.5 Å². The minimum atomic E-state index is 0.820. The van der Waals surface area contributed by atoms with Crippen molar-refractivity contribution in [3.8, 4) is 11.3 Å². The number of rotatable bonds is 3. The average Bonchev–Trinajstić information content (AvgIpc) is 2.29. The Morgan fingerprint density at radius 3 is 2.24 bits per heavy atom. The van der Waals surface area contributed by atoms with Crippen molar-refractivity contribution in [2.45, 2.75) is 20.8 Å². The molecule has 3 heteroatoms. The van der Waals surface area contributed by atoms with Crippen molar-refractivity contribution in [3.63, 3.8) is 0 Å². The zero-order valence-corrected chi connectivity index (χ0v) is 10.5. The molecule has 1 aromatic carbocycles. The fourth-order valence-corrected chi connectivity index (χ4v) is 1.88. The van der Waals surface area contributed by atoms with Crippen LogP contribution in [-0.2, 0) is 0 Å². The van der Waals surface area contributed by atoms with Crippen LogP contribution in [0.25, 0.3) is 11.3 Å². The van der Waals surface area contributed by atoms with Gasteiger partial charge in [-0.1, -0.05) is 17.2 Å². The summed E-state index contributed by atoms with van der Waals surface area (Å²) >= 11 is 0. The van der Waals surface area contributed by atoms with E-state index >= 15 is 0 Å². The van der Waals surface area contributed by atoms with Crippen molar-refractivity contribution in [1.82, 2.24) is 10.2 Å². The number of aromatic nitrogens is 2. The average molecular weight is 227 g/mol. The highest BCUT2D eigenvalue weighted by atomic mass is 15.2. The van der Waals surface area contributed by atoms with Crippen molar-refractivity contribution in [2.75, 3.05) is 11.9 Å². The molecular formula is C14H17N3. The van der Waals surface area contributed by atoms with Gasteiger partial charge >= 0.3 is 0 Å². The summed E-state index contributed by atoms with van der Waals surface area (Å²) in [4.78, 5) is 0. The molecule has 2 aromatic rings. The minimum absolute atomic E-state index is 0.820. The topological polar surface area (TPSA) is 37.8 Å². The first-order chi connectivity index (χ1) is 8.19. The molecule has 1 heterocycles. The zero-order valence-electron chi connectivity index (χ0n) is 10.5. The van der Waals surface area contributed by atoms with Crippen LogP contribution in [0.2, 0.25) is 0 Å². The van der Waals surface area contributed by atoms with Gasteiger partial charge in [0.15, 0.2) is 0 Å². The normalized spacial score (nSPS) is 10.3. The lowest BCUT2D eigenvalue weighted by atomic mass is 10.1. The first-order valence-corrected chi connectivity index (χ1v) is 5.85. The molecule has 0 aliphatic rings. The van der Waals surface area contributed by atoms with E-state index in [2.05, 4.69) is 47.6 Å². The molecule has 0 aliphatic carbocycles. The minimum Gasteiger partial charge on any atom is -0.369 e. The fraction of sp³-hybridized carbons (Fsp3) is 0.286. The third kappa shape index (κ3) is 2.81. The Balaban J connectivity index is 2.32. The summed E-state index contributed by atoms with van der Waals surface area (Å²) in [7, 11) is 0. The molecule has 0 radical (unpaired) electrons. The SMILES string of the molecule is CCNc1ccc(-c2cc(C)cc(C)c2)nn1. The fourth-order valence-electron chi connectivity index (χ4n) is 1.88. The number of anilines is 1. The van der Waals surface area contributed by atoms with E-state index in [1.807, 2.05) is 19.1 Å². The lowest BCUT2D eigenvalue weighted by Gasteiger charge is -2.05. The molecule has 0 unspecified atom stereocenters. The van der Waals surface area contributed by atoms with E-state index in [-0.39, 0.29) is 0 Å². The lowest BCUT2D eigenvalue weighted by molar-refractivity contribution is 1.02. The van der Waals surface area contributed by atoms with Crippen LogP contribution in [0.4, 0.5) is 5.82 Å². The van der Waals surface area contributed by atoms with Gasteiger partial charge in [-0.15, -0.1) is 10.2 Å². The quantitative estimate of drug-likeness (QED) is 0.875. The predicted molar refractivity (Wildman–Crippen MR) is 71.1 cm³/mol. The largest absolute Gasteiger partial charge is 0.369 e. The smallest absolute Gasteiger partial charge is 0.148 e. The summed E-state index contributed by atoms with van der Waals surface area (Å²) in [6.45, 7) is 7.09. The van der Waals surface area contributed by atoms with Crippen LogP contribution in [-0.4, -0.2) is 16.7 Å². The maximum Gasteiger partial charge on any atom is 0.148 e. The van der Waals surface area contributed by atoms with Crippen LogP contribution in [0.15, 0.2) is 30.3 Å². The van der Waals surface area contributed by atoms with E-state index < -0.39 is 0 Å². The highest BCUT2D eigenvalue weighted by Gasteiger charge is 2.02. The van der Waals surface area contributed by atoms with E-state index in [4.69, 9.17) is 0 Å². The lowest BCUT2D eigenvalue weighted by Crippen LogP contribution is -2.00. The second kappa shape index (κ2) is 4.95. The van der Waals surface area contributed by atoms with Crippen LogP contribution in [0.5, 0.6) is 0 Å². The maximum atomic E-state index is 4.24. The van der Waals surface area contributed by atoms with Crippen LogP contribution < -0.4 is 5.32 Å². The number of nitrogens with one attached hydrogen (secondary N) is 1. The van der Waals surface area contributed by atoms with E-state index in [9.17, 15) is 0 Å². The van der Waals surface area contributed by atoms with E-state index in [1.54, 1.807) is 0 Å². The maximum absolute atomic E-state index is 4.24. The molecular weight excluding hydrogens is 210 g/mol. The highest BCUT2D eigenvalue weighted by Crippen LogP contribution is 2.20. The molecule has 3 nitrogen and oxygen atoms in total. The molecule has 1 aromatic heterocycles. The number of benzene rings is 1. The summed E-state index contributed by atoms with van der Waals surface area (Å²) in [6.07, 6.45) is 0. The van der Waals surface area contributed by atoms with Crippen molar-refractivity contribution < 1.29 is 0 Å². The molecule has 0 aliphatic heterocycles. The molecule has 88 valence electrons. The summed E-state index contributed by atoms with van der Waals surface area (Å²) in [6, 6.07) is 10.4. The molecule has 2 rings (SSSR count). The van der Waals surface area contributed by atoms with Gasteiger partial charge in [0.25, 0.3) is 0 Å². The second-order valence-electron chi connectivity index (χ2n) is 4.21. The van der Waals surface area contributed by atoms with Crippen LogP contribution in [0, 0.1) is 13.8 Å². The van der Waals surface area contributed by atoms with Crippen LogP contribution in [0.1, 0.15) is 18.1 Å². The third-order valence-electron chi connectivity index (χ3n) is 2.54. The Morgan fingerprint density at radius 2 is 1.71 bits per heavy atom. The van der Waals surface area contributed by atoms with Gasteiger partial charge in [0.1, 0.15) is 5.82 Å². The Kier molecular flexibility index (Phi) is 3.38. The summed E-state index contributed by atoms with van der Waals surface area (Å²) in [5.41, 5.74) is 4.53. The van der Waals surface area contributed by atoms with Gasteiger partial charge in [0.2, 0.25) is 0 Å². The van der Waals surface area contributed by atoms with Gasteiger partial charge < -0.3 is 5.32 Å². The van der Waals surface area contributed by atoms with Crippen LogP contribution >= 0.6 is 0 Å². The molecule has 0 bridgehead atoms. The Bertz CT molecular complexity index is 483. The van der Waals surface area contributed by atoms with Crippen molar-refractivity contribution >= 4 is 5.82 Å². The van der Waals surface area contributed by atoms with Gasteiger partial charge in [-0.2, -0.15) is 0 Å². The van der Waals surface area contributed by atoms with E-state index in [1.165, 1.54) is 11.1 Å². The Morgan fingerprint density at radius 1 is 1.00 bits per heavy atom. The second-order valence-corrected chi connectivity index (χ2v) is 4.21. The molecule has 0 atom stereocenters. The Labute approximate surface area is 102 Å². The zero-order chi connectivity index (χ0) is 12.3. The van der Waals surface area contributed by atoms with Crippen molar-refractivity contribution in [1.29, 1.82) is 0 Å². The number of hydrogen-bond acceptors (Lipinski definition) is 3.